The number of carbonyl (C=O) groups is 1. The Morgan fingerprint density at radius 3 is 2.61 bits per heavy atom. The fourth-order valence-corrected chi connectivity index (χ4v) is 3.34. The summed E-state index contributed by atoms with van der Waals surface area (Å²) in [7, 11) is -3.81. The van der Waals surface area contributed by atoms with Crippen molar-refractivity contribution < 1.29 is 17.6 Å². The highest BCUT2D eigenvalue weighted by Crippen LogP contribution is 2.10. The molecular weight excluding hydrogens is 382 g/mol. The van der Waals surface area contributed by atoms with Crippen LogP contribution in [0.25, 0.3) is 11.0 Å². The van der Waals surface area contributed by atoms with E-state index in [9.17, 15) is 18.0 Å². The van der Waals surface area contributed by atoms with Gasteiger partial charge in [-0.2, -0.15) is 5.10 Å². The smallest absolute Gasteiger partial charge is 0.255 e. The summed E-state index contributed by atoms with van der Waals surface area (Å²) in [6.07, 6.45) is 2.38. The third-order valence-corrected chi connectivity index (χ3v) is 5.27. The van der Waals surface area contributed by atoms with Crippen molar-refractivity contribution in [3.63, 3.8) is 0 Å². The second-order valence-electron chi connectivity index (χ2n) is 5.95. The number of rotatable bonds is 6. The lowest BCUT2D eigenvalue weighted by Crippen LogP contribution is -2.35. The van der Waals surface area contributed by atoms with Crippen LogP contribution in [-0.2, 0) is 14.8 Å². The maximum atomic E-state index is 12.3. The molecule has 0 aliphatic heterocycles. The van der Waals surface area contributed by atoms with Gasteiger partial charge in [0.15, 0.2) is 0 Å². The van der Waals surface area contributed by atoms with Crippen molar-refractivity contribution in [3.8, 4) is 0 Å². The number of nitrogens with one attached hydrogen (secondary N) is 2. The molecule has 0 fully saturated rings. The number of hydrogen-bond acceptors (Lipinski definition) is 6. The Kier molecular flexibility index (Phi) is 5.67. The molecule has 0 bridgehead atoms. The highest BCUT2D eigenvalue weighted by molar-refractivity contribution is 7.89. The third-order valence-electron chi connectivity index (χ3n) is 3.85. The van der Waals surface area contributed by atoms with Gasteiger partial charge in [-0.05, 0) is 31.2 Å². The fourth-order valence-electron chi connectivity index (χ4n) is 2.36. The van der Waals surface area contributed by atoms with E-state index in [0.29, 0.717) is 11.0 Å². The van der Waals surface area contributed by atoms with E-state index in [2.05, 4.69) is 15.2 Å². The molecule has 0 aliphatic rings. The van der Waals surface area contributed by atoms with E-state index in [-0.39, 0.29) is 15.9 Å². The van der Waals surface area contributed by atoms with Gasteiger partial charge >= 0.3 is 0 Å². The highest BCUT2D eigenvalue weighted by atomic mass is 32.2. The van der Waals surface area contributed by atoms with Crippen LogP contribution in [0.5, 0.6) is 0 Å². The lowest BCUT2D eigenvalue weighted by Gasteiger charge is -2.06. The first-order valence-electron chi connectivity index (χ1n) is 8.25. The summed E-state index contributed by atoms with van der Waals surface area (Å²) < 4.78 is 31.8. The highest BCUT2D eigenvalue weighted by Gasteiger charge is 2.15. The van der Waals surface area contributed by atoms with Gasteiger partial charge in [-0.25, -0.2) is 18.6 Å². The lowest BCUT2D eigenvalue weighted by molar-refractivity contribution is -0.119. The van der Waals surface area contributed by atoms with Gasteiger partial charge in [0.25, 0.3) is 5.91 Å². The van der Waals surface area contributed by atoms with Crippen molar-refractivity contribution in [1.82, 2.24) is 10.1 Å². The Hall–Kier alpha value is -3.30. The first-order valence-corrected chi connectivity index (χ1v) is 9.74. The van der Waals surface area contributed by atoms with Gasteiger partial charge in [-0.1, -0.05) is 29.8 Å². The molecule has 0 saturated carbocycles. The number of para-hydroxylation sites is 1. The summed E-state index contributed by atoms with van der Waals surface area (Å²) in [4.78, 5) is 24.2. The summed E-state index contributed by atoms with van der Waals surface area (Å²) >= 11 is 0. The fraction of sp³-hybridized carbons (Fsp3) is 0.105. The van der Waals surface area contributed by atoms with Crippen molar-refractivity contribution >= 4 is 33.1 Å². The van der Waals surface area contributed by atoms with Gasteiger partial charge in [0.05, 0.1) is 28.6 Å². The number of benzene rings is 2. The van der Waals surface area contributed by atoms with Crippen LogP contribution in [0.2, 0.25) is 0 Å². The molecule has 3 rings (SSSR count). The molecule has 9 heteroatoms. The van der Waals surface area contributed by atoms with Crippen molar-refractivity contribution in [2.75, 3.05) is 6.54 Å². The van der Waals surface area contributed by atoms with Crippen LogP contribution in [0.3, 0.4) is 0 Å². The SMILES string of the molecule is Cc1ccc(S(=O)(=O)NCC(=O)N/N=C/c2coc3ccccc3c2=O)cc1. The summed E-state index contributed by atoms with van der Waals surface area (Å²) in [5.74, 6) is -0.683. The molecule has 0 unspecified atom stereocenters. The Morgan fingerprint density at radius 2 is 1.86 bits per heavy atom. The number of fused-ring (bicyclic) bond motifs is 1. The quantitative estimate of drug-likeness (QED) is 0.481. The van der Waals surface area contributed by atoms with E-state index in [1.165, 1.54) is 18.4 Å². The zero-order valence-corrected chi connectivity index (χ0v) is 15.7. The van der Waals surface area contributed by atoms with Crippen LogP contribution in [-0.4, -0.2) is 27.1 Å². The minimum Gasteiger partial charge on any atom is -0.463 e. The topological polar surface area (TPSA) is 118 Å². The molecule has 144 valence electrons. The molecule has 3 aromatic rings. The Bertz CT molecular complexity index is 1200. The predicted molar refractivity (Wildman–Crippen MR) is 105 cm³/mol. The maximum absolute atomic E-state index is 12.3. The van der Waals surface area contributed by atoms with Gasteiger partial charge in [0, 0.05) is 0 Å². The molecule has 2 N–H and O–H groups in total. The Balaban J connectivity index is 1.61. The normalized spacial score (nSPS) is 11.8. The summed E-state index contributed by atoms with van der Waals surface area (Å²) in [5, 5.41) is 4.07. The number of nitrogens with zero attached hydrogens (tertiary/aromatic N) is 1. The minimum atomic E-state index is -3.81. The molecule has 1 heterocycles. The molecule has 0 aliphatic carbocycles. The van der Waals surface area contributed by atoms with Crippen LogP contribution in [0.1, 0.15) is 11.1 Å². The second kappa shape index (κ2) is 8.15. The first-order chi connectivity index (χ1) is 13.4. The summed E-state index contributed by atoms with van der Waals surface area (Å²) in [5.41, 5.74) is 3.39. The maximum Gasteiger partial charge on any atom is 0.255 e. The number of sulfonamides is 1. The first kappa shape index (κ1) is 19.5. The van der Waals surface area contributed by atoms with Crippen molar-refractivity contribution in [1.29, 1.82) is 0 Å². The zero-order chi connectivity index (χ0) is 20.1. The third kappa shape index (κ3) is 4.51. The van der Waals surface area contributed by atoms with E-state index in [1.54, 1.807) is 36.4 Å². The average molecular weight is 399 g/mol. The van der Waals surface area contributed by atoms with Crippen LogP contribution in [0.4, 0.5) is 0 Å². The number of hydrogen-bond donors (Lipinski definition) is 2. The van der Waals surface area contributed by atoms with Gasteiger partial charge in [-0.15, -0.1) is 0 Å². The van der Waals surface area contributed by atoms with E-state index < -0.39 is 22.5 Å². The number of aryl methyl sites for hydroxylation is 1. The number of carbonyl (C=O) groups excluding carboxylic acids is 1. The molecule has 28 heavy (non-hydrogen) atoms. The standard InChI is InChI=1S/C19H17N3O5S/c1-13-6-8-15(9-7-13)28(25,26)21-11-18(23)22-20-10-14-12-27-17-5-3-2-4-16(17)19(14)24/h2-10,12,21H,11H2,1H3,(H,22,23)/b20-10+. The van der Waals surface area contributed by atoms with E-state index in [1.807, 2.05) is 6.92 Å². The number of hydrazone groups is 1. The van der Waals surface area contributed by atoms with Crippen molar-refractivity contribution in [2.45, 2.75) is 11.8 Å². The number of amides is 1. The largest absolute Gasteiger partial charge is 0.463 e. The van der Waals surface area contributed by atoms with Gasteiger partial charge in [-0.3, -0.25) is 9.59 Å². The van der Waals surface area contributed by atoms with Crippen LogP contribution in [0, 0.1) is 6.92 Å². The molecule has 0 radical (unpaired) electrons. The van der Waals surface area contributed by atoms with Gasteiger partial charge in [0.1, 0.15) is 11.8 Å². The molecule has 8 nitrogen and oxygen atoms in total. The lowest BCUT2D eigenvalue weighted by atomic mass is 10.2. The summed E-state index contributed by atoms with van der Waals surface area (Å²) in [6.45, 7) is 1.34. The van der Waals surface area contributed by atoms with Crippen molar-refractivity contribution in [3.05, 3.63) is 76.1 Å². The predicted octanol–water partition coefficient (Wildman–Crippen LogP) is 1.53. The van der Waals surface area contributed by atoms with E-state index >= 15 is 0 Å². The zero-order valence-electron chi connectivity index (χ0n) is 14.9. The van der Waals surface area contributed by atoms with E-state index in [0.717, 1.165) is 11.8 Å². The van der Waals surface area contributed by atoms with Crippen LogP contribution >= 0.6 is 0 Å². The molecule has 1 aromatic heterocycles. The molecule has 1 amide bonds. The summed E-state index contributed by atoms with van der Waals surface area (Å²) in [6, 6.07) is 13.0. The molecule has 2 aromatic carbocycles. The van der Waals surface area contributed by atoms with Gasteiger partial charge in [0.2, 0.25) is 15.5 Å². The Morgan fingerprint density at radius 1 is 1.14 bits per heavy atom. The monoisotopic (exact) mass is 399 g/mol. The van der Waals surface area contributed by atoms with Crippen molar-refractivity contribution in [2.24, 2.45) is 5.10 Å². The van der Waals surface area contributed by atoms with Gasteiger partial charge < -0.3 is 4.42 Å². The van der Waals surface area contributed by atoms with E-state index in [4.69, 9.17) is 4.42 Å². The average Bonchev–Trinajstić information content (AvgIpc) is 2.69. The molecule has 0 atom stereocenters. The molecule has 0 spiro atoms. The molecule has 0 saturated heterocycles. The Labute approximate surface area is 160 Å². The molecular formula is C19H17N3O5S. The van der Waals surface area contributed by atoms with Crippen LogP contribution in [0.15, 0.2) is 74.0 Å². The van der Waals surface area contributed by atoms with Crippen LogP contribution < -0.4 is 15.6 Å². The second-order valence-corrected chi connectivity index (χ2v) is 7.71. The minimum absolute atomic E-state index is 0.0585.